The molecule has 2 rings (SSSR count). The van der Waals surface area contributed by atoms with E-state index in [0.717, 1.165) is 18.6 Å². The molecule has 3 heteroatoms. The van der Waals surface area contributed by atoms with Crippen LogP contribution in [0.4, 0.5) is 0 Å². The number of carbonyl (C=O) groups excluding carboxylic acids is 2. The Kier molecular flexibility index (Phi) is 5.97. The highest BCUT2D eigenvalue weighted by Crippen LogP contribution is 2.39. The molecule has 1 aliphatic rings. The standard InChI is InChI=1S/C20H28O3/c1-20(2,16-7-5-4-6-8-16)19(22)14-13-18(21)15-9-11-17(23-3)12-10-15/h9-12,16H,4-8,13-14H2,1-3H3. The van der Waals surface area contributed by atoms with Crippen molar-refractivity contribution >= 4 is 11.6 Å². The van der Waals surface area contributed by atoms with E-state index >= 15 is 0 Å². The second kappa shape index (κ2) is 7.76. The summed E-state index contributed by atoms with van der Waals surface area (Å²) in [5.41, 5.74) is 0.342. The minimum Gasteiger partial charge on any atom is -0.497 e. The molecule has 0 radical (unpaired) electrons. The number of benzene rings is 1. The number of carbonyl (C=O) groups is 2. The molecule has 0 heterocycles. The van der Waals surface area contributed by atoms with E-state index in [1.807, 2.05) is 0 Å². The van der Waals surface area contributed by atoms with E-state index in [2.05, 4.69) is 13.8 Å². The third-order valence-electron chi connectivity index (χ3n) is 5.34. The predicted molar refractivity (Wildman–Crippen MR) is 91.9 cm³/mol. The van der Waals surface area contributed by atoms with E-state index < -0.39 is 0 Å². The molecule has 3 nitrogen and oxygen atoms in total. The first kappa shape index (κ1) is 17.7. The van der Waals surface area contributed by atoms with Crippen molar-refractivity contribution in [3.63, 3.8) is 0 Å². The Morgan fingerprint density at radius 1 is 1.04 bits per heavy atom. The minimum atomic E-state index is -0.305. The molecule has 0 N–H and O–H groups in total. The molecule has 23 heavy (non-hydrogen) atoms. The summed E-state index contributed by atoms with van der Waals surface area (Å²) < 4.78 is 5.09. The molecule has 1 saturated carbocycles. The summed E-state index contributed by atoms with van der Waals surface area (Å²) in [5, 5.41) is 0. The van der Waals surface area contributed by atoms with Gasteiger partial charge >= 0.3 is 0 Å². The molecule has 1 fully saturated rings. The Morgan fingerprint density at radius 3 is 2.22 bits per heavy atom. The van der Waals surface area contributed by atoms with Crippen molar-refractivity contribution in [2.75, 3.05) is 7.11 Å². The van der Waals surface area contributed by atoms with Crippen molar-refractivity contribution in [2.24, 2.45) is 11.3 Å². The van der Waals surface area contributed by atoms with Crippen molar-refractivity contribution in [1.29, 1.82) is 0 Å². The van der Waals surface area contributed by atoms with Crippen LogP contribution in [0, 0.1) is 11.3 Å². The number of hydrogen-bond donors (Lipinski definition) is 0. The van der Waals surface area contributed by atoms with Gasteiger partial charge in [0.25, 0.3) is 0 Å². The maximum Gasteiger partial charge on any atom is 0.163 e. The molecule has 1 aromatic rings. The third-order valence-corrected chi connectivity index (χ3v) is 5.34. The summed E-state index contributed by atoms with van der Waals surface area (Å²) in [6.07, 6.45) is 6.67. The lowest BCUT2D eigenvalue weighted by atomic mass is 9.68. The largest absolute Gasteiger partial charge is 0.497 e. The van der Waals surface area contributed by atoms with Crippen LogP contribution in [0.1, 0.15) is 69.2 Å². The van der Waals surface area contributed by atoms with Gasteiger partial charge in [-0.25, -0.2) is 0 Å². The SMILES string of the molecule is COc1ccc(C(=O)CCC(=O)C(C)(C)C2CCCCC2)cc1. The van der Waals surface area contributed by atoms with Gasteiger partial charge in [-0.05, 0) is 43.0 Å². The van der Waals surface area contributed by atoms with Gasteiger partial charge in [0, 0.05) is 23.8 Å². The van der Waals surface area contributed by atoms with Gasteiger partial charge in [-0.1, -0.05) is 33.1 Å². The van der Waals surface area contributed by atoms with Crippen LogP contribution >= 0.6 is 0 Å². The lowest BCUT2D eigenvalue weighted by molar-refractivity contribution is -0.130. The number of rotatable bonds is 7. The number of ketones is 2. The first-order valence-electron chi connectivity index (χ1n) is 8.65. The Hall–Kier alpha value is -1.64. The summed E-state index contributed by atoms with van der Waals surface area (Å²) in [5.74, 6) is 1.46. The zero-order valence-corrected chi connectivity index (χ0v) is 14.6. The lowest BCUT2D eigenvalue weighted by Crippen LogP contribution is -2.34. The first-order chi connectivity index (χ1) is 10.9. The Balaban J connectivity index is 1.90. The quantitative estimate of drug-likeness (QED) is 0.676. The molecular formula is C20H28O3. The minimum absolute atomic E-state index is 0.0282. The molecule has 0 bridgehead atoms. The Labute approximate surface area is 139 Å². The monoisotopic (exact) mass is 316 g/mol. The molecule has 1 aliphatic carbocycles. The van der Waals surface area contributed by atoms with E-state index in [0.29, 0.717) is 24.3 Å². The van der Waals surface area contributed by atoms with Crippen LogP contribution in [0.25, 0.3) is 0 Å². The van der Waals surface area contributed by atoms with E-state index in [9.17, 15) is 9.59 Å². The molecule has 0 atom stereocenters. The van der Waals surface area contributed by atoms with Crippen LogP contribution in [0.5, 0.6) is 5.75 Å². The van der Waals surface area contributed by atoms with Crippen LogP contribution in [-0.2, 0) is 4.79 Å². The fraction of sp³-hybridized carbons (Fsp3) is 0.600. The molecule has 0 spiro atoms. The molecule has 0 aliphatic heterocycles. The molecule has 126 valence electrons. The summed E-state index contributed by atoms with van der Waals surface area (Å²) in [6, 6.07) is 7.08. The number of ether oxygens (including phenoxy) is 1. The zero-order chi connectivity index (χ0) is 16.9. The fourth-order valence-electron chi connectivity index (χ4n) is 3.52. The second-order valence-electron chi connectivity index (χ2n) is 7.13. The van der Waals surface area contributed by atoms with E-state index in [-0.39, 0.29) is 17.0 Å². The van der Waals surface area contributed by atoms with Gasteiger partial charge in [-0.3, -0.25) is 9.59 Å². The van der Waals surface area contributed by atoms with Gasteiger partial charge in [0.15, 0.2) is 5.78 Å². The van der Waals surface area contributed by atoms with Gasteiger partial charge in [-0.2, -0.15) is 0 Å². The van der Waals surface area contributed by atoms with Gasteiger partial charge in [0.05, 0.1) is 7.11 Å². The van der Waals surface area contributed by atoms with Gasteiger partial charge in [-0.15, -0.1) is 0 Å². The zero-order valence-electron chi connectivity index (χ0n) is 14.6. The fourth-order valence-corrected chi connectivity index (χ4v) is 3.52. The van der Waals surface area contributed by atoms with Crippen LogP contribution in [0.2, 0.25) is 0 Å². The van der Waals surface area contributed by atoms with Crippen molar-refractivity contribution in [3.8, 4) is 5.75 Å². The molecule has 0 aromatic heterocycles. The van der Waals surface area contributed by atoms with Crippen molar-refractivity contribution in [3.05, 3.63) is 29.8 Å². The topological polar surface area (TPSA) is 43.4 Å². The molecule has 0 unspecified atom stereocenters. The molecule has 0 amide bonds. The Bertz CT molecular complexity index is 537. The van der Waals surface area contributed by atoms with E-state index in [4.69, 9.17) is 4.74 Å². The molecular weight excluding hydrogens is 288 g/mol. The highest BCUT2D eigenvalue weighted by Gasteiger charge is 2.36. The van der Waals surface area contributed by atoms with E-state index in [1.165, 1.54) is 19.3 Å². The number of hydrogen-bond acceptors (Lipinski definition) is 3. The number of Topliss-reactive ketones (excluding diaryl/α,β-unsaturated/α-hetero) is 2. The smallest absolute Gasteiger partial charge is 0.163 e. The van der Waals surface area contributed by atoms with E-state index in [1.54, 1.807) is 31.4 Å². The third kappa shape index (κ3) is 4.43. The second-order valence-corrected chi connectivity index (χ2v) is 7.13. The summed E-state index contributed by atoms with van der Waals surface area (Å²) in [7, 11) is 1.60. The molecule has 1 aromatic carbocycles. The average molecular weight is 316 g/mol. The maximum atomic E-state index is 12.6. The van der Waals surface area contributed by atoms with Gasteiger partial charge < -0.3 is 4.74 Å². The number of methoxy groups -OCH3 is 1. The maximum absolute atomic E-state index is 12.6. The summed E-state index contributed by atoms with van der Waals surface area (Å²) in [6.45, 7) is 4.12. The summed E-state index contributed by atoms with van der Waals surface area (Å²) >= 11 is 0. The lowest BCUT2D eigenvalue weighted by Gasteiger charge is -2.35. The Morgan fingerprint density at radius 2 is 1.65 bits per heavy atom. The normalized spacial score (nSPS) is 16.1. The average Bonchev–Trinajstić information content (AvgIpc) is 2.60. The van der Waals surface area contributed by atoms with Crippen molar-refractivity contribution in [1.82, 2.24) is 0 Å². The van der Waals surface area contributed by atoms with Crippen molar-refractivity contribution in [2.45, 2.75) is 58.8 Å². The molecule has 0 saturated heterocycles. The van der Waals surface area contributed by atoms with Crippen LogP contribution in [0.3, 0.4) is 0 Å². The van der Waals surface area contributed by atoms with Crippen LogP contribution in [0.15, 0.2) is 24.3 Å². The van der Waals surface area contributed by atoms with Crippen molar-refractivity contribution < 1.29 is 14.3 Å². The first-order valence-corrected chi connectivity index (χ1v) is 8.65. The summed E-state index contributed by atoms with van der Waals surface area (Å²) in [4.78, 5) is 24.9. The highest BCUT2D eigenvalue weighted by atomic mass is 16.5. The highest BCUT2D eigenvalue weighted by molar-refractivity contribution is 5.98. The van der Waals surface area contributed by atoms with Crippen LogP contribution < -0.4 is 4.74 Å². The van der Waals surface area contributed by atoms with Crippen LogP contribution in [-0.4, -0.2) is 18.7 Å². The van der Waals surface area contributed by atoms with Gasteiger partial charge in [0.1, 0.15) is 11.5 Å². The van der Waals surface area contributed by atoms with Gasteiger partial charge in [0.2, 0.25) is 0 Å². The predicted octanol–water partition coefficient (Wildman–Crippen LogP) is 4.83.